The molecule has 0 spiro atoms. The van der Waals surface area contributed by atoms with Gasteiger partial charge in [0.15, 0.2) is 0 Å². The molecule has 2 aliphatic heterocycles. The highest BCUT2D eigenvalue weighted by Crippen LogP contribution is 2.52. The molecule has 4 heterocycles. The van der Waals surface area contributed by atoms with Gasteiger partial charge in [0.2, 0.25) is 22.1 Å². The molecule has 5 rings (SSSR count). The molecule has 2 aromatic heterocycles. The number of nitrogens with zero attached hydrogens (tertiary/aromatic N) is 4. The second kappa shape index (κ2) is 9.54. The summed E-state index contributed by atoms with van der Waals surface area (Å²) in [6, 6.07) is 4.70. The molecule has 1 saturated heterocycles. The molecule has 1 fully saturated rings. The summed E-state index contributed by atoms with van der Waals surface area (Å²) in [5.74, 6) is -1.92. The minimum absolute atomic E-state index is 0.0735. The quantitative estimate of drug-likeness (QED) is 0.115. The molecular weight excluding hydrogens is 523 g/mol. The first-order chi connectivity index (χ1) is 17.6. The van der Waals surface area contributed by atoms with Crippen molar-refractivity contribution in [1.29, 1.82) is 0 Å². The van der Waals surface area contributed by atoms with Gasteiger partial charge in [0.05, 0.1) is 34.9 Å². The van der Waals surface area contributed by atoms with E-state index in [2.05, 4.69) is 0 Å². The van der Waals surface area contributed by atoms with Gasteiger partial charge in [0.25, 0.3) is 5.69 Å². The van der Waals surface area contributed by atoms with Crippen LogP contribution in [0.1, 0.15) is 24.3 Å². The number of carbonyl (C=O) groups excluding carboxylic acids is 2. The lowest BCUT2D eigenvalue weighted by atomic mass is 9.77. The zero-order chi connectivity index (χ0) is 26.6. The molecule has 0 saturated carbocycles. The minimum Gasteiger partial charge on any atom is -0.456 e. The summed E-state index contributed by atoms with van der Waals surface area (Å²) in [6.07, 6.45) is 2.79. The highest BCUT2D eigenvalue weighted by Gasteiger charge is 2.60. The monoisotopic (exact) mass is 547 g/mol. The molecule has 0 unspecified atom stereocenters. The number of non-ortho nitro benzene ring substituents is 1. The van der Waals surface area contributed by atoms with Gasteiger partial charge in [-0.15, -0.1) is 0 Å². The van der Waals surface area contributed by atoms with Gasteiger partial charge in [-0.05, 0) is 36.4 Å². The maximum absolute atomic E-state index is 13.4. The van der Waals surface area contributed by atoms with E-state index in [1.165, 1.54) is 40.5 Å². The van der Waals surface area contributed by atoms with Crippen molar-refractivity contribution in [2.45, 2.75) is 37.6 Å². The number of hydrogen-bond donors (Lipinski definition) is 1. The summed E-state index contributed by atoms with van der Waals surface area (Å²) in [7, 11) is 1.83. The highest BCUT2D eigenvalue weighted by atomic mass is 32.2. The number of halogens is 1. The molecule has 3 aromatic rings. The Morgan fingerprint density at radius 3 is 2.70 bits per heavy atom. The van der Waals surface area contributed by atoms with Crippen molar-refractivity contribution in [3.05, 3.63) is 63.0 Å². The highest BCUT2D eigenvalue weighted by molar-refractivity contribution is 7.99. The molecule has 1 aromatic carbocycles. The number of carbonyl (C=O) groups is 2. The summed E-state index contributed by atoms with van der Waals surface area (Å²) in [6.45, 7) is 3.35. The van der Waals surface area contributed by atoms with Gasteiger partial charge < -0.3 is 14.7 Å². The molecule has 0 radical (unpaired) electrons. The van der Waals surface area contributed by atoms with Crippen LogP contribution in [0.4, 0.5) is 10.1 Å². The number of rotatable bonds is 8. The van der Waals surface area contributed by atoms with Gasteiger partial charge in [-0.3, -0.25) is 14.9 Å². The van der Waals surface area contributed by atoms with Crippen LogP contribution in [-0.4, -0.2) is 49.4 Å². The van der Waals surface area contributed by atoms with E-state index < -0.39 is 28.9 Å². The third-order valence-electron chi connectivity index (χ3n) is 6.84. The number of thioether (sulfide) groups is 1. The second-order valence-electron chi connectivity index (χ2n) is 9.11. The summed E-state index contributed by atoms with van der Waals surface area (Å²) in [5, 5.41) is 21.9. The van der Waals surface area contributed by atoms with Gasteiger partial charge >= 0.3 is 5.97 Å². The number of alkyl halides is 1. The largest absolute Gasteiger partial charge is 0.456 e. The van der Waals surface area contributed by atoms with Crippen LogP contribution in [0.5, 0.6) is 0 Å². The van der Waals surface area contributed by atoms with Crippen LogP contribution < -0.4 is 4.57 Å². The summed E-state index contributed by atoms with van der Waals surface area (Å²) >= 11 is 2.46. The third-order valence-corrected chi connectivity index (χ3v) is 8.97. The number of nitro benzene ring substituents is 1. The molecule has 13 heteroatoms. The average Bonchev–Trinajstić information content (AvgIpc) is 3.45. The first-order valence-electron chi connectivity index (χ1n) is 11.5. The Labute approximate surface area is 219 Å². The Balaban J connectivity index is 1.51. The van der Waals surface area contributed by atoms with E-state index >= 15 is 0 Å². The van der Waals surface area contributed by atoms with E-state index in [-0.39, 0.29) is 35.9 Å². The fraction of sp³-hybridized carbons (Fsp3) is 0.375. The lowest BCUT2D eigenvalue weighted by Gasteiger charge is -2.46. The number of thiazole rings is 1. The summed E-state index contributed by atoms with van der Waals surface area (Å²) < 4.78 is 22.4. The Morgan fingerprint density at radius 1 is 1.38 bits per heavy atom. The normalized spacial score (nSPS) is 21.8. The zero-order valence-corrected chi connectivity index (χ0v) is 21.8. The predicted octanol–water partition coefficient (Wildman–Crippen LogP) is 3.06. The number of ether oxygens (including phenoxy) is 1. The maximum Gasteiger partial charge on any atom is 0.355 e. The first kappa shape index (κ1) is 25.4. The third kappa shape index (κ3) is 4.10. The van der Waals surface area contributed by atoms with E-state index in [1.807, 2.05) is 35.5 Å². The molecule has 10 nitrogen and oxygen atoms in total. The molecular formula is C24H24FN4O6S2+. The lowest BCUT2D eigenvalue weighted by Crippen LogP contribution is -2.63. The number of amides is 1. The van der Waals surface area contributed by atoms with Gasteiger partial charge in [-0.25, -0.2) is 13.8 Å². The average molecular weight is 548 g/mol. The molecule has 0 aliphatic carbocycles. The van der Waals surface area contributed by atoms with Crippen LogP contribution in [0.2, 0.25) is 0 Å². The Morgan fingerprint density at radius 2 is 2.08 bits per heavy atom. The van der Waals surface area contributed by atoms with Crippen LogP contribution in [0.15, 0.2) is 47.5 Å². The number of hydrogen-bond acceptors (Lipinski definition) is 8. The van der Waals surface area contributed by atoms with Crippen LogP contribution in [0, 0.1) is 22.0 Å². The number of benzene rings is 1. The molecule has 1 N–H and O–H groups in total. The Bertz CT molecular complexity index is 1450. The van der Waals surface area contributed by atoms with Gasteiger partial charge in [-0.1, -0.05) is 18.3 Å². The van der Waals surface area contributed by atoms with Crippen molar-refractivity contribution in [3.8, 4) is 0 Å². The van der Waals surface area contributed by atoms with E-state index in [9.17, 15) is 29.2 Å². The molecule has 194 valence electrons. The summed E-state index contributed by atoms with van der Waals surface area (Å²) in [4.78, 5) is 39.8. The maximum atomic E-state index is 13.4. The fourth-order valence-electron chi connectivity index (χ4n) is 5.15. The van der Waals surface area contributed by atoms with E-state index in [4.69, 9.17) is 4.74 Å². The van der Waals surface area contributed by atoms with Crippen molar-refractivity contribution in [2.24, 2.45) is 18.9 Å². The van der Waals surface area contributed by atoms with Crippen molar-refractivity contribution in [1.82, 2.24) is 9.30 Å². The van der Waals surface area contributed by atoms with Gasteiger partial charge in [0, 0.05) is 23.6 Å². The van der Waals surface area contributed by atoms with Crippen molar-refractivity contribution in [3.63, 3.8) is 0 Å². The van der Waals surface area contributed by atoms with Crippen molar-refractivity contribution >= 4 is 51.1 Å². The second-order valence-corrected chi connectivity index (χ2v) is 11.0. The number of aliphatic hydroxyl groups is 1. The number of β-lactam (4-membered cyclic amide) rings is 1. The number of esters is 1. The fourth-order valence-corrected chi connectivity index (χ4v) is 7.24. The molecule has 2 aliphatic rings. The van der Waals surface area contributed by atoms with Crippen LogP contribution >= 0.6 is 23.1 Å². The van der Waals surface area contributed by atoms with Crippen LogP contribution in [0.3, 0.4) is 0 Å². The molecule has 4 atom stereocenters. The predicted molar refractivity (Wildman–Crippen MR) is 133 cm³/mol. The number of aromatic nitrogens is 2. The van der Waals surface area contributed by atoms with Gasteiger partial charge in [-0.2, -0.15) is 4.40 Å². The SMILES string of the molecule is C[C@@H](O)[C@H]1C(=O)N2C(C(=O)OCc3ccc([N+](=O)[O-])cc3)=C(c3cn4c[n+](C)c(SCF)c4s3)[C@H](C)[C@H]12. The number of fused-ring (bicyclic) bond motifs is 2. The van der Waals surface area contributed by atoms with E-state index in [0.29, 0.717) is 11.1 Å². The van der Waals surface area contributed by atoms with Crippen molar-refractivity contribution in [2.75, 3.05) is 6.01 Å². The summed E-state index contributed by atoms with van der Waals surface area (Å²) in [5.41, 5.74) is 1.26. The van der Waals surface area contributed by atoms with Gasteiger partial charge in [0.1, 0.15) is 24.5 Å². The van der Waals surface area contributed by atoms with Crippen LogP contribution in [0.25, 0.3) is 10.4 Å². The molecule has 1 amide bonds. The standard InChI is InChI=1S/C24H24FN4O6S2/c1-12-17(16-8-27-11-26(3)22(36-10-25)23(27)37-16)20(28-19(12)18(13(2)30)21(28)31)24(32)35-9-14-4-6-15(7-5-14)29(33)34/h4-8,11-13,18-19,30H,9-10H2,1-3H3/q+1/t12-,13+,18+,19+/m0/s1. The number of aliphatic hydroxyl groups excluding tert-OH is 1. The topological polar surface area (TPSA) is 118 Å². The molecule has 0 bridgehead atoms. The van der Waals surface area contributed by atoms with Crippen molar-refractivity contribution < 1.29 is 33.3 Å². The Hall–Kier alpha value is -3.29. The molecule has 37 heavy (non-hydrogen) atoms. The minimum atomic E-state index is -0.876. The number of aryl methyl sites for hydroxylation is 1. The number of nitro groups is 1. The first-order valence-corrected chi connectivity index (χ1v) is 13.3. The van der Waals surface area contributed by atoms with E-state index in [1.54, 1.807) is 6.92 Å². The number of imidazole rings is 1. The smallest absolute Gasteiger partial charge is 0.355 e. The van der Waals surface area contributed by atoms with Crippen LogP contribution in [-0.2, 0) is 28.0 Å². The lowest BCUT2D eigenvalue weighted by molar-refractivity contribution is -0.705. The van der Waals surface area contributed by atoms with E-state index in [0.717, 1.165) is 26.5 Å². The zero-order valence-electron chi connectivity index (χ0n) is 20.2. The Kier molecular flexibility index (Phi) is 6.54.